The van der Waals surface area contributed by atoms with Crippen LogP contribution in [0.15, 0.2) is 18.2 Å². The Balaban J connectivity index is 2.54. The zero-order chi connectivity index (χ0) is 19.7. The number of esters is 1. The number of rotatable bonds is 9. The van der Waals surface area contributed by atoms with Gasteiger partial charge in [-0.15, -0.1) is 0 Å². The van der Waals surface area contributed by atoms with Crippen LogP contribution in [0.1, 0.15) is 31.1 Å². The topological polar surface area (TPSA) is 103 Å². The van der Waals surface area contributed by atoms with Crippen molar-refractivity contribution < 1.29 is 28.6 Å². The molecule has 0 heterocycles. The van der Waals surface area contributed by atoms with E-state index < -0.39 is 18.0 Å². The van der Waals surface area contributed by atoms with Gasteiger partial charge in [-0.2, -0.15) is 0 Å². The smallest absolute Gasteiger partial charge is 0.326 e. The molecule has 0 saturated carbocycles. The van der Waals surface area contributed by atoms with Gasteiger partial charge in [0.15, 0.2) is 6.10 Å². The molecule has 2 amide bonds. The number of amides is 2. The van der Waals surface area contributed by atoms with Crippen LogP contribution in [0.25, 0.3) is 0 Å². The van der Waals surface area contributed by atoms with E-state index in [-0.39, 0.29) is 18.0 Å². The van der Waals surface area contributed by atoms with Crippen molar-refractivity contribution in [2.45, 2.75) is 26.9 Å². The van der Waals surface area contributed by atoms with Crippen LogP contribution in [-0.4, -0.2) is 51.2 Å². The Morgan fingerprint density at radius 2 is 1.54 bits per heavy atom. The van der Waals surface area contributed by atoms with Crippen LogP contribution >= 0.6 is 0 Å². The first-order valence-electron chi connectivity index (χ1n) is 8.25. The summed E-state index contributed by atoms with van der Waals surface area (Å²) in [6.45, 7) is 5.53. The number of hydrogen-bond donors (Lipinski definition) is 2. The molecule has 0 bridgehead atoms. The van der Waals surface area contributed by atoms with Crippen molar-refractivity contribution in [1.82, 2.24) is 10.6 Å². The quantitative estimate of drug-likeness (QED) is 0.635. The summed E-state index contributed by atoms with van der Waals surface area (Å²) in [5.41, 5.74) is 0.275. The van der Waals surface area contributed by atoms with Gasteiger partial charge >= 0.3 is 5.97 Å². The Bertz CT molecular complexity index is 622. The fourth-order valence-electron chi connectivity index (χ4n) is 1.93. The molecule has 2 N–H and O–H groups in total. The Labute approximate surface area is 153 Å². The number of carbonyl (C=O) groups excluding carboxylic acids is 3. The summed E-state index contributed by atoms with van der Waals surface area (Å²) in [6, 6.07) is 4.67. The van der Waals surface area contributed by atoms with Crippen molar-refractivity contribution >= 4 is 17.8 Å². The third kappa shape index (κ3) is 7.00. The lowest BCUT2D eigenvalue weighted by Crippen LogP contribution is -2.39. The fraction of sp³-hybridized carbons (Fsp3) is 0.500. The molecule has 0 saturated heterocycles. The van der Waals surface area contributed by atoms with Gasteiger partial charge in [-0.05, 0) is 25.0 Å². The van der Waals surface area contributed by atoms with Gasteiger partial charge in [-0.1, -0.05) is 13.8 Å². The monoisotopic (exact) mass is 366 g/mol. The highest BCUT2D eigenvalue weighted by molar-refractivity contribution is 5.96. The highest BCUT2D eigenvalue weighted by atomic mass is 16.5. The molecular weight excluding hydrogens is 340 g/mol. The molecule has 0 aliphatic rings. The molecule has 1 atom stereocenters. The maximum absolute atomic E-state index is 12.2. The SMILES string of the molecule is COc1cc(OC)cc(C(=O)NCC(=O)O[C@@H](C)C(=O)NCC(C)C)c1. The number of ether oxygens (including phenoxy) is 3. The average Bonchev–Trinajstić information content (AvgIpc) is 2.63. The van der Waals surface area contributed by atoms with Gasteiger partial charge in [-0.3, -0.25) is 14.4 Å². The van der Waals surface area contributed by atoms with E-state index in [4.69, 9.17) is 14.2 Å². The van der Waals surface area contributed by atoms with E-state index in [1.54, 1.807) is 6.07 Å². The molecule has 0 radical (unpaired) electrons. The first-order chi connectivity index (χ1) is 12.3. The van der Waals surface area contributed by atoms with E-state index in [0.717, 1.165) is 0 Å². The summed E-state index contributed by atoms with van der Waals surface area (Å²) < 4.78 is 15.2. The molecule has 0 unspecified atom stereocenters. The summed E-state index contributed by atoms with van der Waals surface area (Å²) in [6.07, 6.45) is -0.935. The largest absolute Gasteiger partial charge is 0.497 e. The highest BCUT2D eigenvalue weighted by Gasteiger charge is 2.18. The van der Waals surface area contributed by atoms with E-state index in [2.05, 4.69) is 10.6 Å². The Morgan fingerprint density at radius 3 is 2.04 bits per heavy atom. The van der Waals surface area contributed by atoms with E-state index in [1.807, 2.05) is 13.8 Å². The van der Waals surface area contributed by atoms with Gasteiger partial charge < -0.3 is 24.8 Å². The van der Waals surface area contributed by atoms with Gasteiger partial charge in [-0.25, -0.2) is 0 Å². The molecule has 0 aliphatic heterocycles. The van der Waals surface area contributed by atoms with Gasteiger partial charge in [0.1, 0.15) is 18.0 Å². The summed E-state index contributed by atoms with van der Waals surface area (Å²) in [5.74, 6) is -0.381. The maximum atomic E-state index is 12.2. The third-order valence-corrected chi connectivity index (χ3v) is 3.37. The van der Waals surface area contributed by atoms with Gasteiger partial charge in [0.2, 0.25) is 0 Å². The van der Waals surface area contributed by atoms with Crippen LogP contribution in [0.2, 0.25) is 0 Å². The summed E-state index contributed by atoms with van der Waals surface area (Å²) in [7, 11) is 2.94. The highest BCUT2D eigenvalue weighted by Crippen LogP contribution is 2.22. The molecule has 144 valence electrons. The van der Waals surface area contributed by atoms with E-state index in [9.17, 15) is 14.4 Å². The standard InChI is InChI=1S/C18H26N2O6/c1-11(2)9-19-17(22)12(3)26-16(21)10-20-18(23)13-6-14(24-4)8-15(7-13)25-5/h6-8,11-12H,9-10H2,1-5H3,(H,19,22)(H,20,23)/t12-/m0/s1. The number of benzene rings is 1. The van der Waals surface area contributed by atoms with Crippen LogP contribution < -0.4 is 20.1 Å². The Hall–Kier alpha value is -2.77. The second-order valence-electron chi connectivity index (χ2n) is 6.06. The molecule has 0 aliphatic carbocycles. The molecular formula is C18H26N2O6. The lowest BCUT2D eigenvalue weighted by atomic mass is 10.2. The van der Waals surface area contributed by atoms with Crippen LogP contribution in [0.3, 0.4) is 0 Å². The molecule has 0 fully saturated rings. The van der Waals surface area contributed by atoms with Crippen molar-refractivity contribution in [1.29, 1.82) is 0 Å². The second kappa shape index (κ2) is 10.3. The predicted octanol–water partition coefficient (Wildman–Crippen LogP) is 1.14. The predicted molar refractivity (Wildman–Crippen MR) is 95.3 cm³/mol. The summed E-state index contributed by atoms with van der Waals surface area (Å²) in [5, 5.41) is 5.11. The molecule has 8 nitrogen and oxygen atoms in total. The van der Waals surface area contributed by atoms with Crippen LogP contribution in [0.4, 0.5) is 0 Å². The van der Waals surface area contributed by atoms with Gasteiger partial charge in [0.05, 0.1) is 14.2 Å². The first kappa shape index (κ1) is 21.3. The molecule has 8 heteroatoms. The number of nitrogens with one attached hydrogen (secondary N) is 2. The minimum atomic E-state index is -0.935. The van der Waals surface area contributed by atoms with E-state index in [0.29, 0.717) is 24.0 Å². The minimum absolute atomic E-state index is 0.275. The van der Waals surface area contributed by atoms with Crippen molar-refractivity contribution in [3.05, 3.63) is 23.8 Å². The maximum Gasteiger partial charge on any atom is 0.326 e. The molecule has 1 aromatic carbocycles. The fourth-order valence-corrected chi connectivity index (χ4v) is 1.93. The molecule has 1 rings (SSSR count). The van der Waals surface area contributed by atoms with Crippen LogP contribution in [0.5, 0.6) is 11.5 Å². The second-order valence-corrected chi connectivity index (χ2v) is 6.06. The van der Waals surface area contributed by atoms with Crippen molar-refractivity contribution in [2.24, 2.45) is 5.92 Å². The third-order valence-electron chi connectivity index (χ3n) is 3.37. The molecule has 0 aromatic heterocycles. The van der Waals surface area contributed by atoms with Crippen LogP contribution in [-0.2, 0) is 14.3 Å². The zero-order valence-corrected chi connectivity index (χ0v) is 15.8. The number of methoxy groups -OCH3 is 2. The molecule has 0 spiro atoms. The first-order valence-corrected chi connectivity index (χ1v) is 8.25. The average molecular weight is 366 g/mol. The lowest BCUT2D eigenvalue weighted by molar-refractivity contribution is -0.153. The van der Waals surface area contributed by atoms with E-state index >= 15 is 0 Å². The van der Waals surface area contributed by atoms with Crippen molar-refractivity contribution in [3.8, 4) is 11.5 Å². The normalized spacial score (nSPS) is 11.5. The van der Waals surface area contributed by atoms with Gasteiger partial charge in [0, 0.05) is 18.2 Å². The summed E-state index contributed by atoms with van der Waals surface area (Å²) in [4.78, 5) is 35.8. The number of hydrogen-bond acceptors (Lipinski definition) is 6. The van der Waals surface area contributed by atoms with Gasteiger partial charge in [0.25, 0.3) is 11.8 Å². The van der Waals surface area contributed by atoms with Crippen molar-refractivity contribution in [2.75, 3.05) is 27.3 Å². The summed E-state index contributed by atoms with van der Waals surface area (Å²) >= 11 is 0. The minimum Gasteiger partial charge on any atom is -0.497 e. The zero-order valence-electron chi connectivity index (χ0n) is 15.8. The molecule has 1 aromatic rings. The Kier molecular flexibility index (Phi) is 8.41. The Morgan fingerprint density at radius 1 is 0.962 bits per heavy atom. The van der Waals surface area contributed by atoms with E-state index in [1.165, 1.54) is 33.3 Å². The van der Waals surface area contributed by atoms with Crippen LogP contribution in [0, 0.1) is 5.92 Å². The molecule has 26 heavy (non-hydrogen) atoms. The van der Waals surface area contributed by atoms with Crippen molar-refractivity contribution in [3.63, 3.8) is 0 Å². The number of carbonyl (C=O) groups is 3. The lowest BCUT2D eigenvalue weighted by Gasteiger charge is -2.15.